The standard InChI is InChI=1S/C17H10F3NO2S/c18-17(19,20)11-4-1-3-10(9-11)12-5-2-6-13(21-12)14-7-8-15(24-14)16(22)23/h1-9H,(H,22,23). The Balaban J connectivity index is 2.00. The summed E-state index contributed by atoms with van der Waals surface area (Å²) < 4.78 is 38.5. The molecule has 3 aromatic rings. The van der Waals surface area contributed by atoms with Gasteiger partial charge in [0.05, 0.1) is 21.8 Å². The number of thiophene rings is 1. The van der Waals surface area contributed by atoms with E-state index in [0.29, 0.717) is 21.8 Å². The van der Waals surface area contributed by atoms with Crippen LogP contribution >= 0.6 is 11.3 Å². The summed E-state index contributed by atoms with van der Waals surface area (Å²) in [4.78, 5) is 16.1. The van der Waals surface area contributed by atoms with Crippen molar-refractivity contribution in [2.45, 2.75) is 6.18 Å². The van der Waals surface area contributed by atoms with Crippen LogP contribution in [0.5, 0.6) is 0 Å². The summed E-state index contributed by atoms with van der Waals surface area (Å²) in [5.74, 6) is -1.03. The number of nitrogens with zero attached hydrogens (tertiary/aromatic N) is 1. The minimum atomic E-state index is -4.42. The number of carboxylic acids is 1. The highest BCUT2D eigenvalue weighted by molar-refractivity contribution is 7.17. The van der Waals surface area contributed by atoms with E-state index >= 15 is 0 Å². The van der Waals surface area contributed by atoms with Crippen LogP contribution in [0.1, 0.15) is 15.2 Å². The molecule has 0 spiro atoms. The molecule has 2 aromatic heterocycles. The summed E-state index contributed by atoms with van der Waals surface area (Å²) in [6.45, 7) is 0. The number of alkyl halides is 3. The van der Waals surface area contributed by atoms with Crippen molar-refractivity contribution in [3.8, 4) is 21.8 Å². The number of aromatic carboxylic acids is 1. The predicted octanol–water partition coefficient (Wildman–Crippen LogP) is 5.19. The van der Waals surface area contributed by atoms with Crippen molar-refractivity contribution in [2.75, 3.05) is 0 Å². The molecule has 1 N–H and O–H groups in total. The van der Waals surface area contributed by atoms with E-state index in [9.17, 15) is 18.0 Å². The SMILES string of the molecule is O=C(O)c1ccc(-c2cccc(-c3cccc(C(F)(F)F)c3)n2)s1. The smallest absolute Gasteiger partial charge is 0.416 e. The summed E-state index contributed by atoms with van der Waals surface area (Å²) in [5, 5.41) is 8.97. The Bertz CT molecular complexity index is 903. The van der Waals surface area contributed by atoms with E-state index in [1.165, 1.54) is 12.1 Å². The van der Waals surface area contributed by atoms with Gasteiger partial charge in [0.2, 0.25) is 0 Å². The molecular formula is C17H10F3NO2S. The van der Waals surface area contributed by atoms with Gasteiger partial charge in [-0.3, -0.25) is 0 Å². The highest BCUT2D eigenvalue weighted by Gasteiger charge is 2.30. The van der Waals surface area contributed by atoms with Crippen LogP contribution in [0.15, 0.2) is 54.6 Å². The monoisotopic (exact) mass is 349 g/mol. The highest BCUT2D eigenvalue weighted by Crippen LogP contribution is 2.33. The second-order valence-corrected chi connectivity index (χ2v) is 6.04. The average Bonchev–Trinajstić information content (AvgIpc) is 3.05. The van der Waals surface area contributed by atoms with Gasteiger partial charge in [0, 0.05) is 5.56 Å². The van der Waals surface area contributed by atoms with Crippen molar-refractivity contribution in [1.82, 2.24) is 4.98 Å². The quantitative estimate of drug-likeness (QED) is 0.707. The molecule has 0 aliphatic heterocycles. The van der Waals surface area contributed by atoms with Crippen LogP contribution in [0, 0.1) is 0 Å². The molecule has 0 bridgehead atoms. The van der Waals surface area contributed by atoms with E-state index in [1.807, 2.05) is 0 Å². The van der Waals surface area contributed by atoms with Gasteiger partial charge in [-0.15, -0.1) is 11.3 Å². The molecule has 3 nitrogen and oxygen atoms in total. The van der Waals surface area contributed by atoms with Crippen molar-refractivity contribution >= 4 is 17.3 Å². The lowest BCUT2D eigenvalue weighted by molar-refractivity contribution is -0.137. The van der Waals surface area contributed by atoms with Gasteiger partial charge >= 0.3 is 12.1 Å². The number of carbonyl (C=O) groups is 1. The fraction of sp³-hybridized carbons (Fsp3) is 0.0588. The first-order valence-corrected chi connectivity index (χ1v) is 7.64. The first kappa shape index (κ1) is 16.2. The summed E-state index contributed by atoms with van der Waals surface area (Å²) in [5.41, 5.74) is 0.518. The first-order chi connectivity index (χ1) is 11.3. The molecule has 1 aromatic carbocycles. The number of carboxylic acid groups (broad SMARTS) is 1. The van der Waals surface area contributed by atoms with Gasteiger partial charge in [-0.25, -0.2) is 9.78 Å². The molecule has 0 radical (unpaired) electrons. The Morgan fingerprint density at radius 2 is 1.71 bits per heavy atom. The van der Waals surface area contributed by atoms with E-state index in [-0.39, 0.29) is 4.88 Å². The maximum Gasteiger partial charge on any atom is 0.416 e. The summed E-state index contributed by atoms with van der Waals surface area (Å²) in [6, 6.07) is 13.0. The zero-order chi connectivity index (χ0) is 17.3. The van der Waals surface area contributed by atoms with E-state index < -0.39 is 17.7 Å². The molecule has 0 atom stereocenters. The number of hydrogen-bond donors (Lipinski definition) is 1. The molecule has 2 heterocycles. The van der Waals surface area contributed by atoms with Crippen molar-refractivity contribution < 1.29 is 23.1 Å². The minimum absolute atomic E-state index is 0.177. The van der Waals surface area contributed by atoms with Crippen LogP contribution in [0.25, 0.3) is 21.8 Å². The van der Waals surface area contributed by atoms with Crippen LogP contribution in [-0.2, 0) is 6.18 Å². The molecule has 0 fully saturated rings. The lowest BCUT2D eigenvalue weighted by atomic mass is 10.1. The van der Waals surface area contributed by atoms with Crippen LogP contribution in [0.4, 0.5) is 13.2 Å². The summed E-state index contributed by atoms with van der Waals surface area (Å²) >= 11 is 1.06. The fourth-order valence-corrected chi connectivity index (χ4v) is 2.99. The summed E-state index contributed by atoms with van der Waals surface area (Å²) in [6.07, 6.45) is -4.42. The van der Waals surface area contributed by atoms with Crippen molar-refractivity contribution in [1.29, 1.82) is 0 Å². The Labute approximate surface area is 139 Å². The molecule has 0 unspecified atom stereocenters. The molecule has 3 rings (SSSR count). The molecule has 24 heavy (non-hydrogen) atoms. The molecule has 7 heteroatoms. The van der Waals surface area contributed by atoms with Crippen LogP contribution < -0.4 is 0 Å². The Morgan fingerprint density at radius 3 is 2.38 bits per heavy atom. The van der Waals surface area contributed by atoms with E-state index in [2.05, 4.69) is 4.98 Å². The maximum atomic E-state index is 12.8. The fourth-order valence-electron chi connectivity index (χ4n) is 2.18. The second-order valence-electron chi connectivity index (χ2n) is 4.96. The number of benzene rings is 1. The van der Waals surface area contributed by atoms with Crippen LogP contribution in [0.2, 0.25) is 0 Å². The Hall–Kier alpha value is -2.67. The van der Waals surface area contributed by atoms with Gasteiger partial charge in [0.1, 0.15) is 4.88 Å². The largest absolute Gasteiger partial charge is 0.477 e. The maximum absolute atomic E-state index is 12.8. The minimum Gasteiger partial charge on any atom is -0.477 e. The third-order valence-corrected chi connectivity index (χ3v) is 4.40. The number of aromatic nitrogens is 1. The zero-order valence-corrected chi connectivity index (χ0v) is 12.9. The lowest BCUT2D eigenvalue weighted by Gasteiger charge is -2.09. The van der Waals surface area contributed by atoms with Gasteiger partial charge in [0.15, 0.2) is 0 Å². The number of hydrogen-bond acceptors (Lipinski definition) is 3. The first-order valence-electron chi connectivity index (χ1n) is 6.83. The topological polar surface area (TPSA) is 50.2 Å². The van der Waals surface area contributed by atoms with E-state index in [0.717, 1.165) is 23.5 Å². The number of pyridine rings is 1. The molecule has 0 aliphatic rings. The number of halogens is 3. The second kappa shape index (κ2) is 6.09. The third-order valence-electron chi connectivity index (χ3n) is 3.30. The highest BCUT2D eigenvalue weighted by atomic mass is 32.1. The lowest BCUT2D eigenvalue weighted by Crippen LogP contribution is -2.04. The third kappa shape index (κ3) is 3.30. The van der Waals surface area contributed by atoms with Crippen molar-refractivity contribution in [3.05, 3.63) is 65.0 Å². The molecule has 0 amide bonds. The van der Waals surface area contributed by atoms with Gasteiger partial charge in [0.25, 0.3) is 0 Å². The van der Waals surface area contributed by atoms with Crippen molar-refractivity contribution in [2.24, 2.45) is 0 Å². The summed E-state index contributed by atoms with van der Waals surface area (Å²) in [7, 11) is 0. The molecule has 0 aliphatic carbocycles. The number of rotatable bonds is 3. The predicted molar refractivity (Wildman–Crippen MR) is 84.9 cm³/mol. The average molecular weight is 349 g/mol. The molecule has 122 valence electrons. The van der Waals surface area contributed by atoms with Gasteiger partial charge in [-0.2, -0.15) is 13.2 Å². The Kier molecular flexibility index (Phi) is 4.11. The molecule has 0 saturated carbocycles. The van der Waals surface area contributed by atoms with Gasteiger partial charge in [-0.1, -0.05) is 18.2 Å². The van der Waals surface area contributed by atoms with Gasteiger partial charge in [-0.05, 0) is 36.4 Å². The van der Waals surface area contributed by atoms with Gasteiger partial charge < -0.3 is 5.11 Å². The van der Waals surface area contributed by atoms with Crippen LogP contribution in [-0.4, -0.2) is 16.1 Å². The zero-order valence-electron chi connectivity index (χ0n) is 12.0. The van der Waals surface area contributed by atoms with E-state index in [1.54, 1.807) is 30.3 Å². The molecule has 0 saturated heterocycles. The van der Waals surface area contributed by atoms with Crippen molar-refractivity contribution in [3.63, 3.8) is 0 Å². The Morgan fingerprint density at radius 1 is 1.00 bits per heavy atom. The van der Waals surface area contributed by atoms with E-state index in [4.69, 9.17) is 5.11 Å². The molecular weight excluding hydrogens is 339 g/mol. The normalized spacial score (nSPS) is 11.5. The van der Waals surface area contributed by atoms with Crippen LogP contribution in [0.3, 0.4) is 0 Å².